The first-order valence-corrected chi connectivity index (χ1v) is 10.0. The number of ether oxygens (including phenoxy) is 2. The van der Waals surface area contributed by atoms with E-state index in [4.69, 9.17) is 21.1 Å². The summed E-state index contributed by atoms with van der Waals surface area (Å²) in [5.74, 6) is 0.407. The molecular weight excluding hydrogens is 384 g/mol. The lowest BCUT2D eigenvalue weighted by Gasteiger charge is -2.10. The standard InChI is InChI=1S/C20H21ClN2O3S/c1-3-25-13-12-23-18-16(26-4-2)10-7-11-17(18)27-20(23)22-19(24)14-8-5-6-9-15(14)21/h5-11H,3-4,12-13H2,1-2H3. The van der Waals surface area contributed by atoms with E-state index in [0.717, 1.165) is 16.0 Å². The molecule has 0 aliphatic rings. The van der Waals surface area contributed by atoms with Crippen LogP contribution in [0.1, 0.15) is 24.2 Å². The largest absolute Gasteiger partial charge is 0.492 e. The molecule has 7 heteroatoms. The van der Waals surface area contributed by atoms with Gasteiger partial charge in [0, 0.05) is 13.2 Å². The summed E-state index contributed by atoms with van der Waals surface area (Å²) in [5.41, 5.74) is 1.31. The summed E-state index contributed by atoms with van der Waals surface area (Å²) >= 11 is 7.60. The third-order valence-corrected chi connectivity index (χ3v) is 5.30. The van der Waals surface area contributed by atoms with Gasteiger partial charge in [-0.25, -0.2) is 0 Å². The lowest BCUT2D eigenvalue weighted by molar-refractivity contribution is 0.0996. The Kier molecular flexibility index (Phi) is 6.66. The normalized spacial score (nSPS) is 11.9. The topological polar surface area (TPSA) is 52.8 Å². The zero-order valence-electron chi connectivity index (χ0n) is 15.3. The van der Waals surface area contributed by atoms with E-state index < -0.39 is 0 Å². The summed E-state index contributed by atoms with van der Waals surface area (Å²) in [7, 11) is 0. The molecule has 0 saturated heterocycles. The summed E-state index contributed by atoms with van der Waals surface area (Å²) < 4.78 is 14.3. The van der Waals surface area contributed by atoms with Gasteiger partial charge in [-0.3, -0.25) is 4.79 Å². The maximum atomic E-state index is 12.7. The second-order valence-corrected chi connectivity index (χ2v) is 7.08. The second kappa shape index (κ2) is 9.17. The molecule has 0 N–H and O–H groups in total. The zero-order valence-corrected chi connectivity index (χ0v) is 16.8. The molecule has 142 valence electrons. The number of fused-ring (bicyclic) bond motifs is 1. The molecule has 0 atom stereocenters. The Balaban J connectivity index is 2.13. The highest BCUT2D eigenvalue weighted by atomic mass is 35.5. The average molecular weight is 405 g/mol. The molecule has 27 heavy (non-hydrogen) atoms. The van der Waals surface area contributed by atoms with Crippen molar-refractivity contribution in [1.29, 1.82) is 0 Å². The minimum atomic E-state index is -0.365. The van der Waals surface area contributed by atoms with Crippen LogP contribution in [0.4, 0.5) is 0 Å². The maximum absolute atomic E-state index is 12.7. The average Bonchev–Trinajstić information content (AvgIpc) is 3.01. The van der Waals surface area contributed by atoms with Crippen molar-refractivity contribution >= 4 is 39.1 Å². The lowest BCUT2D eigenvalue weighted by Crippen LogP contribution is -2.20. The van der Waals surface area contributed by atoms with Crippen molar-refractivity contribution in [3.63, 3.8) is 0 Å². The number of para-hydroxylation sites is 1. The van der Waals surface area contributed by atoms with E-state index in [0.29, 0.717) is 41.8 Å². The molecule has 0 fully saturated rings. The first-order chi connectivity index (χ1) is 13.2. The smallest absolute Gasteiger partial charge is 0.281 e. The van der Waals surface area contributed by atoms with Gasteiger partial charge in [-0.05, 0) is 38.1 Å². The molecule has 0 spiro atoms. The van der Waals surface area contributed by atoms with Crippen LogP contribution in [0.15, 0.2) is 47.5 Å². The van der Waals surface area contributed by atoms with Crippen LogP contribution >= 0.6 is 22.9 Å². The van der Waals surface area contributed by atoms with Gasteiger partial charge in [-0.2, -0.15) is 4.99 Å². The van der Waals surface area contributed by atoms with Crippen LogP contribution in [0.3, 0.4) is 0 Å². The number of aromatic nitrogens is 1. The van der Waals surface area contributed by atoms with Gasteiger partial charge in [-0.15, -0.1) is 0 Å². The summed E-state index contributed by atoms with van der Waals surface area (Å²) in [5, 5.41) is 0.392. The van der Waals surface area contributed by atoms with Gasteiger partial charge in [-0.1, -0.05) is 41.1 Å². The molecule has 2 aromatic carbocycles. The fourth-order valence-corrected chi connectivity index (χ4v) is 4.03. The van der Waals surface area contributed by atoms with E-state index in [9.17, 15) is 4.79 Å². The summed E-state index contributed by atoms with van der Waals surface area (Å²) in [6.07, 6.45) is 0. The number of benzene rings is 2. The van der Waals surface area contributed by atoms with E-state index in [1.807, 2.05) is 36.6 Å². The minimum Gasteiger partial charge on any atom is -0.492 e. The van der Waals surface area contributed by atoms with Crippen molar-refractivity contribution in [1.82, 2.24) is 4.57 Å². The molecule has 0 aliphatic heterocycles. The van der Waals surface area contributed by atoms with Crippen molar-refractivity contribution < 1.29 is 14.3 Å². The number of carbonyl (C=O) groups is 1. The van der Waals surface area contributed by atoms with Crippen LogP contribution in [0.25, 0.3) is 10.2 Å². The Morgan fingerprint density at radius 1 is 1.15 bits per heavy atom. The summed E-state index contributed by atoms with van der Waals surface area (Å²) in [6, 6.07) is 12.8. The molecule has 1 aromatic heterocycles. The quantitative estimate of drug-likeness (QED) is 0.543. The van der Waals surface area contributed by atoms with Gasteiger partial charge in [0.15, 0.2) is 4.80 Å². The number of hydrogen-bond donors (Lipinski definition) is 0. The molecule has 0 saturated carbocycles. The molecular formula is C20H21ClN2O3S. The molecule has 1 heterocycles. The number of carbonyl (C=O) groups excluding carboxylic acids is 1. The van der Waals surface area contributed by atoms with Crippen molar-refractivity contribution in [3.8, 4) is 5.75 Å². The monoisotopic (exact) mass is 404 g/mol. The fourth-order valence-electron chi connectivity index (χ4n) is 2.74. The van der Waals surface area contributed by atoms with Crippen LogP contribution in [0, 0.1) is 0 Å². The SMILES string of the molecule is CCOCCn1c(=NC(=O)c2ccccc2Cl)sc2cccc(OCC)c21. The first kappa shape index (κ1) is 19.6. The van der Waals surface area contributed by atoms with Crippen LogP contribution in [-0.4, -0.2) is 30.3 Å². The van der Waals surface area contributed by atoms with Crippen LogP contribution in [-0.2, 0) is 11.3 Å². The Morgan fingerprint density at radius 3 is 2.70 bits per heavy atom. The van der Waals surface area contributed by atoms with E-state index >= 15 is 0 Å². The zero-order chi connectivity index (χ0) is 19.2. The minimum absolute atomic E-state index is 0.365. The number of amides is 1. The molecule has 0 unspecified atom stereocenters. The Bertz CT molecular complexity index is 1010. The Labute approximate surface area is 166 Å². The second-order valence-electron chi connectivity index (χ2n) is 5.67. The van der Waals surface area contributed by atoms with E-state index in [2.05, 4.69) is 4.99 Å². The van der Waals surface area contributed by atoms with E-state index in [1.165, 1.54) is 11.3 Å². The van der Waals surface area contributed by atoms with Crippen molar-refractivity contribution in [2.45, 2.75) is 20.4 Å². The fraction of sp³-hybridized carbons (Fsp3) is 0.300. The molecule has 0 bridgehead atoms. The molecule has 3 rings (SSSR count). The predicted molar refractivity (Wildman–Crippen MR) is 109 cm³/mol. The molecule has 0 radical (unpaired) electrons. The Morgan fingerprint density at radius 2 is 1.96 bits per heavy atom. The third-order valence-electron chi connectivity index (χ3n) is 3.93. The van der Waals surface area contributed by atoms with Gasteiger partial charge in [0.2, 0.25) is 0 Å². The van der Waals surface area contributed by atoms with Gasteiger partial charge >= 0.3 is 0 Å². The van der Waals surface area contributed by atoms with Crippen LogP contribution < -0.4 is 9.54 Å². The molecule has 5 nitrogen and oxygen atoms in total. The van der Waals surface area contributed by atoms with Crippen molar-refractivity contribution in [2.75, 3.05) is 19.8 Å². The number of hydrogen-bond acceptors (Lipinski definition) is 4. The molecule has 0 aliphatic carbocycles. The van der Waals surface area contributed by atoms with Gasteiger partial charge < -0.3 is 14.0 Å². The highest BCUT2D eigenvalue weighted by molar-refractivity contribution is 7.16. The number of halogens is 1. The van der Waals surface area contributed by atoms with Crippen molar-refractivity contribution in [3.05, 3.63) is 57.9 Å². The number of rotatable bonds is 7. The molecule has 3 aromatic rings. The number of thiazole rings is 1. The van der Waals surface area contributed by atoms with Gasteiger partial charge in [0.05, 0.1) is 28.5 Å². The summed E-state index contributed by atoms with van der Waals surface area (Å²) in [4.78, 5) is 17.6. The highest BCUT2D eigenvalue weighted by Gasteiger charge is 2.14. The van der Waals surface area contributed by atoms with Crippen LogP contribution in [0.5, 0.6) is 5.75 Å². The van der Waals surface area contributed by atoms with Gasteiger partial charge in [0.1, 0.15) is 11.3 Å². The van der Waals surface area contributed by atoms with E-state index in [-0.39, 0.29) is 5.91 Å². The van der Waals surface area contributed by atoms with Crippen LogP contribution in [0.2, 0.25) is 5.02 Å². The Hall–Kier alpha value is -2.15. The molecule has 1 amide bonds. The predicted octanol–water partition coefficient (Wildman–Crippen LogP) is 4.53. The lowest BCUT2D eigenvalue weighted by atomic mass is 10.2. The van der Waals surface area contributed by atoms with Crippen molar-refractivity contribution in [2.24, 2.45) is 4.99 Å². The summed E-state index contributed by atoms with van der Waals surface area (Å²) in [6.45, 7) is 6.19. The van der Waals surface area contributed by atoms with Gasteiger partial charge in [0.25, 0.3) is 5.91 Å². The maximum Gasteiger partial charge on any atom is 0.281 e. The third kappa shape index (κ3) is 4.40. The van der Waals surface area contributed by atoms with E-state index in [1.54, 1.807) is 24.3 Å². The highest BCUT2D eigenvalue weighted by Crippen LogP contribution is 2.28. The number of nitrogens with zero attached hydrogens (tertiary/aromatic N) is 2. The first-order valence-electron chi connectivity index (χ1n) is 8.82.